The number of ether oxygens (including phenoxy) is 1. The Hall–Kier alpha value is -2.45. The van der Waals surface area contributed by atoms with Crippen molar-refractivity contribution in [2.45, 2.75) is 19.4 Å². The Labute approximate surface area is 162 Å². The van der Waals surface area contributed by atoms with Gasteiger partial charge in [0.15, 0.2) is 0 Å². The Morgan fingerprint density at radius 1 is 1.37 bits per heavy atom. The van der Waals surface area contributed by atoms with Crippen LogP contribution in [0.2, 0.25) is 0 Å². The molecule has 0 bridgehead atoms. The second-order valence-corrected chi connectivity index (χ2v) is 7.41. The van der Waals surface area contributed by atoms with E-state index in [2.05, 4.69) is 5.10 Å². The fourth-order valence-electron chi connectivity index (χ4n) is 3.17. The minimum atomic E-state index is -0.195. The van der Waals surface area contributed by atoms with E-state index in [4.69, 9.17) is 4.74 Å². The largest absolute Gasteiger partial charge is 0.383 e. The third kappa shape index (κ3) is 4.28. The van der Waals surface area contributed by atoms with E-state index < -0.39 is 0 Å². The zero-order chi connectivity index (χ0) is 19.4. The van der Waals surface area contributed by atoms with Crippen molar-refractivity contribution in [3.63, 3.8) is 0 Å². The van der Waals surface area contributed by atoms with Gasteiger partial charge in [-0.05, 0) is 23.6 Å². The predicted molar refractivity (Wildman–Crippen MR) is 105 cm³/mol. The van der Waals surface area contributed by atoms with Crippen LogP contribution in [0.5, 0.6) is 0 Å². The molecule has 0 radical (unpaired) electrons. The second kappa shape index (κ2) is 8.49. The maximum Gasteiger partial charge on any atom is 0.262 e. The number of methoxy groups -OCH3 is 1. The molecule has 1 unspecified atom stereocenters. The number of hydrogen-bond acceptors (Lipinski definition) is 5. The highest BCUT2D eigenvalue weighted by atomic mass is 32.1. The highest BCUT2D eigenvalue weighted by Gasteiger charge is 2.35. The molecule has 0 aromatic carbocycles. The molecule has 0 saturated heterocycles. The van der Waals surface area contributed by atoms with Gasteiger partial charge in [-0.15, -0.1) is 11.3 Å². The molecule has 1 aliphatic rings. The molecule has 0 fully saturated rings. The van der Waals surface area contributed by atoms with Gasteiger partial charge in [0.25, 0.3) is 5.91 Å². The zero-order valence-electron chi connectivity index (χ0n) is 15.8. The van der Waals surface area contributed by atoms with Crippen molar-refractivity contribution in [1.29, 1.82) is 0 Å². The summed E-state index contributed by atoms with van der Waals surface area (Å²) in [5.41, 5.74) is 1.92. The van der Waals surface area contributed by atoms with Crippen molar-refractivity contribution in [1.82, 2.24) is 14.5 Å². The molecular weight excluding hydrogens is 364 g/mol. The third-order valence-corrected chi connectivity index (χ3v) is 5.55. The highest BCUT2D eigenvalue weighted by molar-refractivity contribution is 7.12. The summed E-state index contributed by atoms with van der Waals surface area (Å²) in [4.78, 5) is 27.5. The second-order valence-electron chi connectivity index (χ2n) is 6.46. The molecular formula is C19H24N4O3S. The van der Waals surface area contributed by atoms with Crippen LogP contribution in [0.3, 0.4) is 0 Å². The molecule has 2 aromatic heterocycles. The summed E-state index contributed by atoms with van der Waals surface area (Å²) in [7, 11) is 3.53. The lowest BCUT2D eigenvalue weighted by atomic mass is 10.1. The van der Waals surface area contributed by atoms with Gasteiger partial charge in [0.05, 0.1) is 17.2 Å². The van der Waals surface area contributed by atoms with Crippen LogP contribution in [0.4, 0.5) is 0 Å². The Kier molecular flexibility index (Phi) is 6.08. The van der Waals surface area contributed by atoms with E-state index in [1.165, 1.54) is 16.8 Å². The van der Waals surface area contributed by atoms with Gasteiger partial charge in [-0.2, -0.15) is 5.10 Å². The lowest BCUT2D eigenvalue weighted by Crippen LogP contribution is -2.42. The maximum atomic E-state index is 13.0. The monoisotopic (exact) mass is 388 g/mol. The first-order chi connectivity index (χ1) is 13.0. The summed E-state index contributed by atoms with van der Waals surface area (Å²) in [5.74, 6) is -0.350. The lowest BCUT2D eigenvalue weighted by molar-refractivity contribution is -0.141. The number of aryl methyl sites for hydroxylation is 1. The molecule has 1 aliphatic heterocycles. The van der Waals surface area contributed by atoms with Gasteiger partial charge >= 0.3 is 0 Å². The molecule has 8 heteroatoms. The molecule has 0 aliphatic carbocycles. The Morgan fingerprint density at radius 2 is 2.19 bits per heavy atom. The van der Waals surface area contributed by atoms with E-state index in [-0.39, 0.29) is 24.4 Å². The molecule has 3 heterocycles. The fraction of sp³-hybridized carbons (Fsp3) is 0.421. The van der Waals surface area contributed by atoms with Crippen LogP contribution in [0.25, 0.3) is 0 Å². The third-order valence-electron chi connectivity index (χ3n) is 4.63. The molecule has 2 amide bonds. The van der Waals surface area contributed by atoms with Gasteiger partial charge < -0.3 is 14.2 Å². The number of aromatic nitrogens is 1. The molecule has 144 valence electrons. The quantitative estimate of drug-likeness (QED) is 0.731. The van der Waals surface area contributed by atoms with Gasteiger partial charge in [0.2, 0.25) is 5.91 Å². The van der Waals surface area contributed by atoms with E-state index in [1.807, 2.05) is 47.5 Å². The summed E-state index contributed by atoms with van der Waals surface area (Å²) in [6.07, 6.45) is 2.61. The number of hydrazone groups is 1. The molecule has 0 saturated carbocycles. The SMILES string of the molecule is COCCN(CC(=O)N1N=C(c2cccs2)CC1c1cccn1C)C(C)=O. The van der Waals surface area contributed by atoms with Crippen LogP contribution in [-0.4, -0.2) is 58.8 Å². The van der Waals surface area contributed by atoms with E-state index in [1.54, 1.807) is 18.4 Å². The molecule has 27 heavy (non-hydrogen) atoms. The number of thiophene rings is 1. The number of rotatable bonds is 7. The normalized spacial score (nSPS) is 16.5. The minimum absolute atomic E-state index is 0.0131. The van der Waals surface area contributed by atoms with Crippen molar-refractivity contribution in [2.75, 3.05) is 26.8 Å². The van der Waals surface area contributed by atoms with Gasteiger partial charge in [-0.3, -0.25) is 9.59 Å². The topological polar surface area (TPSA) is 67.1 Å². The van der Waals surface area contributed by atoms with Crippen molar-refractivity contribution in [3.05, 3.63) is 46.4 Å². The van der Waals surface area contributed by atoms with E-state index in [0.717, 1.165) is 16.3 Å². The van der Waals surface area contributed by atoms with Crippen LogP contribution in [-0.2, 0) is 21.4 Å². The molecule has 2 aromatic rings. The van der Waals surface area contributed by atoms with E-state index in [0.29, 0.717) is 19.6 Å². The fourth-order valence-corrected chi connectivity index (χ4v) is 3.89. The van der Waals surface area contributed by atoms with Gasteiger partial charge in [0, 0.05) is 45.9 Å². The number of carbonyl (C=O) groups is 2. The summed E-state index contributed by atoms with van der Waals surface area (Å²) in [5, 5.41) is 8.17. The van der Waals surface area contributed by atoms with E-state index >= 15 is 0 Å². The number of nitrogens with zero attached hydrogens (tertiary/aromatic N) is 4. The summed E-state index contributed by atoms with van der Waals surface area (Å²) in [6, 6.07) is 7.78. The standard InChI is InChI=1S/C19H24N4O3S/c1-14(24)22(9-10-26-3)13-19(25)23-17(16-6-4-8-21(16)2)12-15(20-23)18-7-5-11-27-18/h4-8,11,17H,9-10,12-13H2,1-3H3. The number of carbonyl (C=O) groups excluding carboxylic acids is 2. The smallest absolute Gasteiger partial charge is 0.262 e. The molecule has 7 nitrogen and oxygen atoms in total. The highest BCUT2D eigenvalue weighted by Crippen LogP contribution is 2.33. The van der Waals surface area contributed by atoms with Crippen LogP contribution in [0.1, 0.15) is 30.0 Å². The van der Waals surface area contributed by atoms with E-state index in [9.17, 15) is 9.59 Å². The Balaban J connectivity index is 1.84. The van der Waals surface area contributed by atoms with Crippen LogP contribution >= 0.6 is 11.3 Å². The molecule has 0 N–H and O–H groups in total. The van der Waals surface area contributed by atoms with Crippen LogP contribution in [0.15, 0.2) is 40.9 Å². The van der Waals surface area contributed by atoms with Crippen molar-refractivity contribution >= 4 is 28.9 Å². The van der Waals surface area contributed by atoms with Gasteiger partial charge in [0.1, 0.15) is 12.6 Å². The number of amides is 2. The first-order valence-corrected chi connectivity index (χ1v) is 9.68. The average Bonchev–Trinajstić information content (AvgIpc) is 3.37. The maximum absolute atomic E-state index is 13.0. The average molecular weight is 388 g/mol. The number of hydrogen-bond donors (Lipinski definition) is 0. The van der Waals surface area contributed by atoms with Gasteiger partial charge in [-0.25, -0.2) is 5.01 Å². The summed E-state index contributed by atoms with van der Waals surface area (Å²) < 4.78 is 7.05. The van der Waals surface area contributed by atoms with Crippen LogP contribution in [0, 0.1) is 0 Å². The van der Waals surface area contributed by atoms with Gasteiger partial charge in [-0.1, -0.05) is 6.07 Å². The van der Waals surface area contributed by atoms with Crippen LogP contribution < -0.4 is 0 Å². The lowest BCUT2D eigenvalue weighted by Gasteiger charge is -2.26. The molecule has 0 spiro atoms. The summed E-state index contributed by atoms with van der Waals surface area (Å²) in [6.45, 7) is 2.21. The first kappa shape index (κ1) is 19.3. The minimum Gasteiger partial charge on any atom is -0.383 e. The van der Waals surface area contributed by atoms with Crippen molar-refractivity contribution in [3.8, 4) is 0 Å². The Morgan fingerprint density at radius 3 is 2.78 bits per heavy atom. The molecule has 1 atom stereocenters. The summed E-state index contributed by atoms with van der Waals surface area (Å²) >= 11 is 1.61. The first-order valence-electron chi connectivity index (χ1n) is 8.80. The van der Waals surface area contributed by atoms with Crippen molar-refractivity contribution in [2.24, 2.45) is 12.1 Å². The zero-order valence-corrected chi connectivity index (χ0v) is 16.6. The Bertz CT molecular complexity index is 828. The van der Waals surface area contributed by atoms with Crippen molar-refractivity contribution < 1.29 is 14.3 Å². The molecule has 3 rings (SSSR count). The predicted octanol–water partition coefficient (Wildman–Crippen LogP) is 2.26.